The van der Waals surface area contributed by atoms with Gasteiger partial charge in [0.2, 0.25) is 0 Å². The predicted octanol–water partition coefficient (Wildman–Crippen LogP) is 5.75. The van der Waals surface area contributed by atoms with Crippen LogP contribution in [0.3, 0.4) is 0 Å². The standard InChI is InChI=1S/C18H25N.C2H6/c1-5-18(4,15(2)3)19-14-10-9-13-17(19)16-11-7-6-8-12-16;1-2/h6-13,15H,5,14H2,1-4H3;1-2H3. The predicted molar refractivity (Wildman–Crippen MR) is 95.1 cm³/mol. The van der Waals surface area contributed by atoms with Gasteiger partial charge in [0.05, 0.1) is 0 Å². The number of benzene rings is 1. The van der Waals surface area contributed by atoms with Crippen LogP contribution in [0.4, 0.5) is 0 Å². The van der Waals surface area contributed by atoms with Crippen LogP contribution in [0.1, 0.15) is 53.5 Å². The highest BCUT2D eigenvalue weighted by Crippen LogP contribution is 2.36. The van der Waals surface area contributed by atoms with Crippen LogP contribution in [0.25, 0.3) is 5.70 Å². The van der Waals surface area contributed by atoms with Gasteiger partial charge in [-0.3, -0.25) is 0 Å². The van der Waals surface area contributed by atoms with Crippen molar-refractivity contribution >= 4 is 5.70 Å². The molecule has 1 heteroatoms. The number of hydrogen-bond donors (Lipinski definition) is 0. The Morgan fingerprint density at radius 3 is 2.29 bits per heavy atom. The molecule has 1 aromatic rings. The largest absolute Gasteiger partial charge is 0.362 e. The maximum atomic E-state index is 2.56. The van der Waals surface area contributed by atoms with E-state index in [-0.39, 0.29) is 5.54 Å². The van der Waals surface area contributed by atoms with Gasteiger partial charge in [0.25, 0.3) is 0 Å². The van der Waals surface area contributed by atoms with Crippen LogP contribution in [-0.2, 0) is 0 Å². The summed E-state index contributed by atoms with van der Waals surface area (Å²) in [6.45, 7) is 14.3. The van der Waals surface area contributed by atoms with Crippen molar-refractivity contribution in [2.75, 3.05) is 6.54 Å². The first kappa shape index (κ1) is 17.6. The van der Waals surface area contributed by atoms with E-state index >= 15 is 0 Å². The Morgan fingerprint density at radius 1 is 1.14 bits per heavy atom. The molecule has 116 valence electrons. The molecule has 0 fully saturated rings. The maximum absolute atomic E-state index is 2.56. The van der Waals surface area contributed by atoms with E-state index in [9.17, 15) is 0 Å². The zero-order valence-corrected chi connectivity index (χ0v) is 14.6. The molecule has 21 heavy (non-hydrogen) atoms. The first-order chi connectivity index (χ1) is 10.1. The van der Waals surface area contributed by atoms with E-state index in [1.807, 2.05) is 13.8 Å². The smallest absolute Gasteiger partial charge is 0.0447 e. The number of rotatable bonds is 4. The van der Waals surface area contributed by atoms with E-state index in [4.69, 9.17) is 0 Å². The van der Waals surface area contributed by atoms with Crippen molar-refractivity contribution in [1.29, 1.82) is 0 Å². The number of allylic oxidation sites excluding steroid dienone is 2. The van der Waals surface area contributed by atoms with Crippen LogP contribution in [0.5, 0.6) is 0 Å². The van der Waals surface area contributed by atoms with Crippen molar-refractivity contribution in [2.45, 2.75) is 53.5 Å². The normalized spacial score (nSPS) is 16.9. The van der Waals surface area contributed by atoms with Gasteiger partial charge in [0, 0.05) is 17.8 Å². The molecule has 0 bridgehead atoms. The van der Waals surface area contributed by atoms with Crippen LogP contribution in [0.2, 0.25) is 0 Å². The summed E-state index contributed by atoms with van der Waals surface area (Å²) in [7, 11) is 0. The first-order valence-electron chi connectivity index (χ1n) is 8.29. The fourth-order valence-electron chi connectivity index (χ4n) is 2.77. The summed E-state index contributed by atoms with van der Waals surface area (Å²) in [5.74, 6) is 0.621. The maximum Gasteiger partial charge on any atom is 0.0447 e. The molecule has 0 aromatic heterocycles. The molecule has 0 aliphatic carbocycles. The number of hydrogen-bond acceptors (Lipinski definition) is 1. The molecule has 1 aliphatic rings. The van der Waals surface area contributed by atoms with Crippen molar-refractivity contribution in [3.63, 3.8) is 0 Å². The van der Waals surface area contributed by atoms with Gasteiger partial charge in [-0.15, -0.1) is 0 Å². The summed E-state index contributed by atoms with van der Waals surface area (Å²) < 4.78 is 0. The summed E-state index contributed by atoms with van der Waals surface area (Å²) in [5.41, 5.74) is 2.86. The summed E-state index contributed by atoms with van der Waals surface area (Å²) in [4.78, 5) is 2.56. The van der Waals surface area contributed by atoms with Crippen molar-refractivity contribution in [3.05, 3.63) is 54.1 Å². The fraction of sp³-hybridized carbons (Fsp3) is 0.500. The third kappa shape index (κ3) is 3.78. The van der Waals surface area contributed by atoms with Gasteiger partial charge in [-0.1, -0.05) is 77.1 Å². The quantitative estimate of drug-likeness (QED) is 0.680. The Labute approximate surface area is 131 Å². The van der Waals surface area contributed by atoms with E-state index in [2.05, 4.69) is 81.2 Å². The molecule has 0 radical (unpaired) electrons. The molecule has 0 spiro atoms. The zero-order valence-electron chi connectivity index (χ0n) is 14.6. The average Bonchev–Trinajstić information content (AvgIpc) is 2.56. The minimum Gasteiger partial charge on any atom is -0.362 e. The van der Waals surface area contributed by atoms with Gasteiger partial charge in [-0.05, 0) is 30.9 Å². The Balaban J connectivity index is 0.00000106. The summed E-state index contributed by atoms with van der Waals surface area (Å²) >= 11 is 0. The van der Waals surface area contributed by atoms with E-state index in [0.29, 0.717) is 5.92 Å². The molecule has 1 heterocycles. The highest BCUT2D eigenvalue weighted by atomic mass is 15.2. The molecule has 0 N–H and O–H groups in total. The first-order valence-corrected chi connectivity index (χ1v) is 8.29. The number of nitrogens with zero attached hydrogens (tertiary/aromatic N) is 1. The summed E-state index contributed by atoms with van der Waals surface area (Å²) in [6.07, 6.45) is 7.83. The van der Waals surface area contributed by atoms with Crippen LogP contribution in [0, 0.1) is 5.92 Å². The van der Waals surface area contributed by atoms with E-state index in [0.717, 1.165) is 13.0 Å². The second kappa shape index (κ2) is 8.07. The highest BCUT2D eigenvalue weighted by molar-refractivity contribution is 5.67. The topological polar surface area (TPSA) is 3.24 Å². The summed E-state index contributed by atoms with van der Waals surface area (Å²) in [6, 6.07) is 10.7. The lowest BCUT2D eigenvalue weighted by molar-refractivity contribution is 0.126. The SMILES string of the molecule is CC.CCC(C)(C(C)C)N1CC=CC=C1c1ccccc1. The highest BCUT2D eigenvalue weighted by Gasteiger charge is 2.34. The third-order valence-corrected chi connectivity index (χ3v) is 4.61. The molecule has 2 rings (SSSR count). The fourth-order valence-corrected chi connectivity index (χ4v) is 2.77. The Hall–Kier alpha value is -1.50. The molecule has 1 atom stereocenters. The second-order valence-corrected chi connectivity index (χ2v) is 5.82. The molecule has 0 amide bonds. The van der Waals surface area contributed by atoms with E-state index in [1.165, 1.54) is 11.3 Å². The second-order valence-electron chi connectivity index (χ2n) is 5.82. The Kier molecular flexibility index (Phi) is 6.74. The molecule has 0 saturated carbocycles. The van der Waals surface area contributed by atoms with Crippen LogP contribution >= 0.6 is 0 Å². The van der Waals surface area contributed by atoms with Gasteiger partial charge in [0.15, 0.2) is 0 Å². The van der Waals surface area contributed by atoms with Crippen molar-refractivity contribution in [3.8, 4) is 0 Å². The lowest BCUT2D eigenvalue weighted by Gasteiger charge is -2.47. The zero-order chi connectivity index (χ0) is 15.9. The molecule has 1 nitrogen and oxygen atoms in total. The monoisotopic (exact) mass is 285 g/mol. The lowest BCUT2D eigenvalue weighted by Crippen LogP contribution is -2.49. The van der Waals surface area contributed by atoms with Crippen LogP contribution < -0.4 is 0 Å². The van der Waals surface area contributed by atoms with Gasteiger partial charge >= 0.3 is 0 Å². The van der Waals surface area contributed by atoms with Crippen molar-refractivity contribution < 1.29 is 0 Å². The van der Waals surface area contributed by atoms with Crippen LogP contribution in [0.15, 0.2) is 48.6 Å². The van der Waals surface area contributed by atoms with Crippen molar-refractivity contribution in [1.82, 2.24) is 4.90 Å². The molecule has 0 saturated heterocycles. The van der Waals surface area contributed by atoms with E-state index in [1.54, 1.807) is 0 Å². The molecule has 1 aliphatic heterocycles. The minimum absolute atomic E-state index is 0.201. The van der Waals surface area contributed by atoms with E-state index < -0.39 is 0 Å². The molecule has 1 unspecified atom stereocenters. The van der Waals surface area contributed by atoms with Crippen molar-refractivity contribution in [2.24, 2.45) is 5.92 Å². The Morgan fingerprint density at radius 2 is 1.76 bits per heavy atom. The molecule has 1 aromatic carbocycles. The van der Waals surface area contributed by atoms with Gasteiger partial charge in [0.1, 0.15) is 0 Å². The van der Waals surface area contributed by atoms with Gasteiger partial charge in [-0.2, -0.15) is 0 Å². The Bertz CT molecular complexity index is 470. The van der Waals surface area contributed by atoms with Gasteiger partial charge in [-0.25, -0.2) is 0 Å². The lowest BCUT2D eigenvalue weighted by atomic mass is 9.82. The molecular formula is C20H31N. The minimum atomic E-state index is 0.201. The van der Waals surface area contributed by atoms with Gasteiger partial charge < -0.3 is 4.90 Å². The summed E-state index contributed by atoms with van der Waals surface area (Å²) in [5, 5.41) is 0. The molecular weight excluding hydrogens is 254 g/mol. The average molecular weight is 285 g/mol. The third-order valence-electron chi connectivity index (χ3n) is 4.61. The van der Waals surface area contributed by atoms with Crippen LogP contribution in [-0.4, -0.2) is 17.0 Å².